The summed E-state index contributed by atoms with van der Waals surface area (Å²) < 4.78 is 5.03. The highest BCUT2D eigenvalue weighted by Crippen LogP contribution is 2.29. The Morgan fingerprint density at radius 1 is 1.44 bits per heavy atom. The van der Waals surface area contributed by atoms with Gasteiger partial charge in [-0.25, -0.2) is 4.79 Å². The molecule has 0 spiro atoms. The summed E-state index contributed by atoms with van der Waals surface area (Å²) in [6, 6.07) is 6.77. The number of methoxy groups -OCH3 is 1. The van der Waals surface area contributed by atoms with Crippen LogP contribution < -0.4 is 4.74 Å². The predicted molar refractivity (Wildman–Crippen MR) is 57.5 cm³/mol. The summed E-state index contributed by atoms with van der Waals surface area (Å²) in [5.41, 5.74) is 1.34. The maximum atomic E-state index is 11.2. The molecule has 2 rings (SSSR count). The smallest absolute Gasteiger partial charge is 0.340 e. The molecular formula is C11H10N2O3. The zero-order valence-corrected chi connectivity index (χ0v) is 8.60. The molecule has 82 valence electrons. The summed E-state index contributed by atoms with van der Waals surface area (Å²) in [4.78, 5) is 11.2. The van der Waals surface area contributed by atoms with Crippen molar-refractivity contribution < 1.29 is 14.6 Å². The zero-order chi connectivity index (χ0) is 11.5. The topological polar surface area (TPSA) is 75.2 Å². The van der Waals surface area contributed by atoms with Crippen LogP contribution in [0.5, 0.6) is 5.75 Å². The second-order valence-corrected chi connectivity index (χ2v) is 3.16. The number of nitrogens with zero attached hydrogens (tertiary/aromatic N) is 1. The van der Waals surface area contributed by atoms with E-state index < -0.39 is 5.97 Å². The molecule has 1 heterocycles. The lowest BCUT2D eigenvalue weighted by molar-refractivity contribution is 0.0694. The summed E-state index contributed by atoms with van der Waals surface area (Å²) in [5.74, 6) is -0.693. The van der Waals surface area contributed by atoms with Gasteiger partial charge in [0, 0.05) is 11.8 Å². The number of benzene rings is 1. The number of carboxylic acids is 1. The Hall–Kier alpha value is -2.30. The maximum absolute atomic E-state index is 11.2. The first-order valence-corrected chi connectivity index (χ1v) is 4.64. The number of carboxylic acid groups (broad SMARTS) is 1. The van der Waals surface area contributed by atoms with Crippen molar-refractivity contribution in [2.24, 2.45) is 0 Å². The molecule has 0 aliphatic heterocycles. The third-order valence-electron chi connectivity index (χ3n) is 2.25. The number of rotatable bonds is 3. The standard InChI is InChI=1S/C11H10N2O3/c1-16-9-4-2-3-7(10(9)11(14)15)8-5-6-12-13-8/h2-6H,1H3,(H,12,13)(H,14,15). The summed E-state index contributed by atoms with van der Waals surface area (Å²) in [7, 11) is 1.44. The van der Waals surface area contributed by atoms with Crippen molar-refractivity contribution in [3.8, 4) is 17.0 Å². The van der Waals surface area contributed by atoms with Gasteiger partial charge in [-0.15, -0.1) is 0 Å². The van der Waals surface area contributed by atoms with Gasteiger partial charge in [0.15, 0.2) is 0 Å². The van der Waals surface area contributed by atoms with Gasteiger partial charge < -0.3 is 9.84 Å². The largest absolute Gasteiger partial charge is 0.496 e. The number of hydrogen-bond acceptors (Lipinski definition) is 3. The Balaban J connectivity index is 2.65. The van der Waals surface area contributed by atoms with Crippen LogP contribution in [0.2, 0.25) is 0 Å². The lowest BCUT2D eigenvalue weighted by Gasteiger charge is -2.08. The number of nitrogens with one attached hydrogen (secondary N) is 1. The van der Waals surface area contributed by atoms with Gasteiger partial charge in [-0.05, 0) is 12.1 Å². The molecule has 0 aliphatic rings. The van der Waals surface area contributed by atoms with Crippen molar-refractivity contribution in [3.05, 3.63) is 36.0 Å². The number of ether oxygens (including phenoxy) is 1. The molecule has 0 amide bonds. The van der Waals surface area contributed by atoms with Gasteiger partial charge in [0.25, 0.3) is 0 Å². The summed E-state index contributed by atoms with van der Waals surface area (Å²) in [6.45, 7) is 0. The minimum Gasteiger partial charge on any atom is -0.496 e. The van der Waals surface area contributed by atoms with Crippen molar-refractivity contribution in [3.63, 3.8) is 0 Å². The van der Waals surface area contributed by atoms with Crippen LogP contribution in [0.25, 0.3) is 11.3 Å². The molecule has 5 heteroatoms. The fourth-order valence-corrected chi connectivity index (χ4v) is 1.55. The molecule has 0 saturated carbocycles. The minimum atomic E-state index is -1.03. The number of aromatic carboxylic acids is 1. The Morgan fingerprint density at radius 3 is 2.81 bits per heavy atom. The second kappa shape index (κ2) is 4.06. The normalized spacial score (nSPS) is 10.1. The van der Waals surface area contributed by atoms with Crippen molar-refractivity contribution in [1.29, 1.82) is 0 Å². The molecule has 5 nitrogen and oxygen atoms in total. The molecule has 1 aromatic heterocycles. The van der Waals surface area contributed by atoms with Crippen molar-refractivity contribution in [2.75, 3.05) is 7.11 Å². The van der Waals surface area contributed by atoms with Crippen LogP contribution in [0.3, 0.4) is 0 Å². The van der Waals surface area contributed by atoms with Gasteiger partial charge in [-0.1, -0.05) is 12.1 Å². The second-order valence-electron chi connectivity index (χ2n) is 3.16. The van der Waals surface area contributed by atoms with E-state index in [1.807, 2.05) is 0 Å². The Bertz CT molecular complexity index is 506. The average molecular weight is 218 g/mol. The number of H-pyrrole nitrogens is 1. The van der Waals surface area contributed by atoms with Crippen molar-refractivity contribution >= 4 is 5.97 Å². The fourth-order valence-electron chi connectivity index (χ4n) is 1.55. The lowest BCUT2D eigenvalue weighted by atomic mass is 10.0. The lowest BCUT2D eigenvalue weighted by Crippen LogP contribution is -2.03. The third kappa shape index (κ3) is 1.63. The first-order valence-electron chi connectivity index (χ1n) is 4.64. The van der Waals surface area contributed by atoms with Crippen LogP contribution in [-0.2, 0) is 0 Å². The number of aromatic amines is 1. The van der Waals surface area contributed by atoms with Gasteiger partial charge in [0.05, 0.1) is 12.8 Å². The molecule has 0 atom stereocenters. The van der Waals surface area contributed by atoms with Crippen molar-refractivity contribution in [2.45, 2.75) is 0 Å². The van der Waals surface area contributed by atoms with E-state index in [1.54, 1.807) is 30.5 Å². The van der Waals surface area contributed by atoms with E-state index in [-0.39, 0.29) is 5.56 Å². The molecular weight excluding hydrogens is 208 g/mol. The molecule has 0 fully saturated rings. The summed E-state index contributed by atoms with van der Waals surface area (Å²) in [6.07, 6.45) is 1.57. The SMILES string of the molecule is COc1cccc(-c2ccn[nH]2)c1C(=O)O. The van der Waals surface area contributed by atoms with Gasteiger partial charge in [0.1, 0.15) is 11.3 Å². The Labute approximate surface area is 91.7 Å². The first kappa shape index (κ1) is 10.2. The zero-order valence-electron chi connectivity index (χ0n) is 8.60. The van der Waals surface area contributed by atoms with E-state index in [0.717, 1.165) is 0 Å². The van der Waals surface area contributed by atoms with Gasteiger partial charge in [-0.3, -0.25) is 5.10 Å². The predicted octanol–water partition coefficient (Wildman–Crippen LogP) is 1.78. The summed E-state index contributed by atoms with van der Waals surface area (Å²) >= 11 is 0. The molecule has 0 aliphatic carbocycles. The van der Waals surface area contributed by atoms with Crippen LogP contribution in [-0.4, -0.2) is 28.4 Å². The van der Waals surface area contributed by atoms with E-state index in [9.17, 15) is 4.79 Å². The van der Waals surface area contributed by atoms with E-state index in [2.05, 4.69) is 10.2 Å². The fraction of sp³-hybridized carbons (Fsp3) is 0.0909. The van der Waals surface area contributed by atoms with E-state index in [0.29, 0.717) is 17.0 Å². The van der Waals surface area contributed by atoms with E-state index >= 15 is 0 Å². The molecule has 0 radical (unpaired) electrons. The molecule has 1 aromatic carbocycles. The third-order valence-corrected chi connectivity index (χ3v) is 2.25. The number of aromatic nitrogens is 2. The summed E-state index contributed by atoms with van der Waals surface area (Å²) in [5, 5.41) is 15.7. The van der Waals surface area contributed by atoms with Crippen LogP contribution in [0.4, 0.5) is 0 Å². The quantitative estimate of drug-likeness (QED) is 0.823. The average Bonchev–Trinajstić information content (AvgIpc) is 2.81. The minimum absolute atomic E-state index is 0.134. The van der Waals surface area contributed by atoms with Crippen molar-refractivity contribution in [1.82, 2.24) is 10.2 Å². The highest BCUT2D eigenvalue weighted by molar-refractivity contribution is 5.98. The Kier molecular flexibility index (Phi) is 2.59. The highest BCUT2D eigenvalue weighted by Gasteiger charge is 2.17. The first-order chi connectivity index (χ1) is 7.74. The molecule has 0 bridgehead atoms. The van der Waals surface area contributed by atoms with Crippen LogP contribution >= 0.6 is 0 Å². The number of hydrogen-bond donors (Lipinski definition) is 2. The Morgan fingerprint density at radius 2 is 2.25 bits per heavy atom. The van der Waals surface area contributed by atoms with E-state index in [1.165, 1.54) is 7.11 Å². The highest BCUT2D eigenvalue weighted by atomic mass is 16.5. The maximum Gasteiger partial charge on any atom is 0.340 e. The van der Waals surface area contributed by atoms with Crippen LogP contribution in [0, 0.1) is 0 Å². The monoisotopic (exact) mass is 218 g/mol. The van der Waals surface area contributed by atoms with Crippen LogP contribution in [0.15, 0.2) is 30.5 Å². The molecule has 0 saturated heterocycles. The molecule has 0 unspecified atom stereocenters. The van der Waals surface area contributed by atoms with Gasteiger partial charge >= 0.3 is 5.97 Å². The van der Waals surface area contributed by atoms with Gasteiger partial charge in [0.2, 0.25) is 0 Å². The van der Waals surface area contributed by atoms with E-state index in [4.69, 9.17) is 9.84 Å². The van der Waals surface area contributed by atoms with Gasteiger partial charge in [-0.2, -0.15) is 5.10 Å². The molecule has 2 aromatic rings. The molecule has 16 heavy (non-hydrogen) atoms. The molecule has 2 N–H and O–H groups in total. The van der Waals surface area contributed by atoms with Crippen LogP contribution in [0.1, 0.15) is 10.4 Å². The number of carbonyl (C=O) groups is 1.